The minimum absolute atomic E-state index is 0.0174. The maximum atomic E-state index is 12.8. The van der Waals surface area contributed by atoms with Crippen LogP contribution in [0.15, 0.2) is 59.6 Å². The Labute approximate surface area is 223 Å². The number of amides is 3. The summed E-state index contributed by atoms with van der Waals surface area (Å²) in [4.78, 5) is 38.4. The number of carbonyl (C=O) groups excluding carboxylic acids is 2. The van der Waals surface area contributed by atoms with E-state index in [1.165, 1.54) is 0 Å². The Morgan fingerprint density at radius 2 is 1.74 bits per heavy atom. The average molecular weight is 537 g/mol. The quantitative estimate of drug-likeness (QED) is 0.460. The Bertz CT molecular complexity index is 1300. The second-order valence-corrected chi connectivity index (χ2v) is 10.1. The van der Waals surface area contributed by atoms with Crippen molar-refractivity contribution in [1.29, 1.82) is 0 Å². The second-order valence-electron chi connectivity index (χ2n) is 8.71. The first-order chi connectivity index (χ1) is 18.5. The highest BCUT2D eigenvalue weighted by Crippen LogP contribution is 2.29. The van der Waals surface area contributed by atoms with Crippen LogP contribution in [0, 0.1) is 0 Å². The Hall–Kier alpha value is -3.71. The van der Waals surface area contributed by atoms with E-state index in [1.54, 1.807) is 47.7 Å². The van der Waals surface area contributed by atoms with Crippen molar-refractivity contribution in [2.45, 2.75) is 4.90 Å². The molecule has 11 nitrogen and oxygen atoms in total. The number of hydrogen-bond donors (Lipinski definition) is 2. The minimum Gasteiger partial charge on any atom is -0.612 e. The number of urea groups is 1. The van der Waals surface area contributed by atoms with Gasteiger partial charge in [0.25, 0.3) is 5.91 Å². The Kier molecular flexibility index (Phi) is 8.03. The fraction of sp³-hybridized carbons (Fsp3) is 0.308. The van der Waals surface area contributed by atoms with Gasteiger partial charge in [-0.25, -0.2) is 14.8 Å². The lowest BCUT2D eigenvalue weighted by atomic mass is 10.2. The summed E-state index contributed by atoms with van der Waals surface area (Å²) < 4.78 is 22.9. The van der Waals surface area contributed by atoms with Crippen molar-refractivity contribution in [2.24, 2.45) is 0 Å². The van der Waals surface area contributed by atoms with E-state index in [0.29, 0.717) is 73.1 Å². The third-order valence-electron chi connectivity index (χ3n) is 6.19. The molecular weight excluding hydrogens is 508 g/mol. The summed E-state index contributed by atoms with van der Waals surface area (Å²) in [7, 11) is 0. The summed E-state index contributed by atoms with van der Waals surface area (Å²) in [6.07, 6.45) is 3.23. The van der Waals surface area contributed by atoms with Gasteiger partial charge < -0.3 is 34.5 Å². The third-order valence-corrected chi connectivity index (χ3v) is 7.09. The van der Waals surface area contributed by atoms with Crippen molar-refractivity contribution in [2.75, 3.05) is 72.8 Å². The van der Waals surface area contributed by atoms with Crippen molar-refractivity contribution < 1.29 is 23.6 Å². The maximum absolute atomic E-state index is 12.8. The summed E-state index contributed by atoms with van der Waals surface area (Å²) in [5.41, 5.74) is 2.48. The topological polar surface area (TPSA) is 132 Å². The van der Waals surface area contributed by atoms with Gasteiger partial charge in [0.15, 0.2) is 11.6 Å². The predicted octanol–water partition coefficient (Wildman–Crippen LogP) is 2.72. The van der Waals surface area contributed by atoms with Gasteiger partial charge in [0, 0.05) is 30.9 Å². The number of nitrogens with one attached hydrogen (secondary N) is 2. The van der Waals surface area contributed by atoms with Crippen LogP contribution >= 0.6 is 0 Å². The lowest BCUT2D eigenvalue weighted by molar-refractivity contribution is -0.125. The summed E-state index contributed by atoms with van der Waals surface area (Å²) in [5, 5.41) is 5.65. The molecule has 1 unspecified atom stereocenters. The average Bonchev–Trinajstić information content (AvgIpc) is 2.94. The lowest BCUT2D eigenvalue weighted by Crippen LogP contribution is -2.42. The molecular formula is C26H28N6O5S. The summed E-state index contributed by atoms with van der Waals surface area (Å²) in [6.45, 7) is 3.39. The molecule has 2 aromatic carbocycles. The number of rotatable bonds is 6. The lowest BCUT2D eigenvalue weighted by Gasteiger charge is -2.28. The summed E-state index contributed by atoms with van der Waals surface area (Å²) >= 11 is -1.23. The highest BCUT2D eigenvalue weighted by atomic mass is 32.2. The molecule has 0 aliphatic carbocycles. The first-order valence-corrected chi connectivity index (χ1v) is 13.7. The molecule has 0 radical (unpaired) electrons. The Morgan fingerprint density at radius 1 is 1.00 bits per heavy atom. The van der Waals surface area contributed by atoms with Gasteiger partial charge in [-0.2, -0.15) is 0 Å². The fourth-order valence-corrected chi connectivity index (χ4v) is 4.91. The van der Waals surface area contributed by atoms with E-state index >= 15 is 0 Å². The van der Waals surface area contributed by atoms with Crippen LogP contribution in [-0.4, -0.2) is 78.8 Å². The zero-order chi connectivity index (χ0) is 26.5. The zero-order valence-corrected chi connectivity index (χ0v) is 21.7. The predicted molar refractivity (Wildman–Crippen MR) is 145 cm³/mol. The van der Waals surface area contributed by atoms with Crippen LogP contribution in [0.4, 0.5) is 27.7 Å². The van der Waals surface area contributed by atoms with E-state index < -0.39 is 17.2 Å². The molecule has 0 saturated carbocycles. The van der Waals surface area contributed by atoms with Gasteiger partial charge in [-0.3, -0.25) is 4.79 Å². The van der Waals surface area contributed by atoms with Gasteiger partial charge in [-0.05, 0) is 47.6 Å². The number of nitrogens with zero attached hydrogens (tertiary/aromatic N) is 4. The Balaban J connectivity index is 1.29. The molecule has 1 aromatic heterocycles. The second kappa shape index (κ2) is 11.8. The monoisotopic (exact) mass is 536 g/mol. The van der Waals surface area contributed by atoms with Gasteiger partial charge in [0.05, 0.1) is 37.4 Å². The largest absolute Gasteiger partial charge is 0.612 e. The van der Waals surface area contributed by atoms with E-state index in [1.807, 2.05) is 18.2 Å². The van der Waals surface area contributed by atoms with Crippen molar-refractivity contribution in [3.05, 3.63) is 54.7 Å². The van der Waals surface area contributed by atoms with Gasteiger partial charge >= 0.3 is 6.03 Å². The molecule has 2 N–H and O–H groups in total. The molecule has 2 aliphatic heterocycles. The highest BCUT2D eigenvalue weighted by Gasteiger charge is 2.24. The summed E-state index contributed by atoms with van der Waals surface area (Å²) in [6, 6.07) is 13.9. The van der Waals surface area contributed by atoms with Gasteiger partial charge in [0.1, 0.15) is 12.9 Å². The van der Waals surface area contributed by atoms with E-state index in [4.69, 9.17) is 14.5 Å². The van der Waals surface area contributed by atoms with Crippen LogP contribution in [-0.2, 0) is 25.4 Å². The van der Waals surface area contributed by atoms with Crippen LogP contribution in [0.3, 0.4) is 0 Å². The molecule has 0 bridgehead atoms. The highest BCUT2D eigenvalue weighted by molar-refractivity contribution is 7.90. The van der Waals surface area contributed by atoms with Crippen molar-refractivity contribution in [3.63, 3.8) is 0 Å². The molecule has 5 rings (SSSR count). The van der Waals surface area contributed by atoms with Crippen LogP contribution < -0.4 is 20.4 Å². The molecule has 3 heterocycles. The smallest absolute Gasteiger partial charge is 0.323 e. The number of benzene rings is 2. The van der Waals surface area contributed by atoms with Gasteiger partial charge in [-0.15, -0.1) is 0 Å². The van der Waals surface area contributed by atoms with Crippen LogP contribution in [0.25, 0.3) is 11.4 Å². The number of carbonyl (C=O) groups is 2. The van der Waals surface area contributed by atoms with Crippen molar-refractivity contribution in [3.8, 4) is 11.4 Å². The number of morpholine rings is 2. The number of aromatic nitrogens is 2. The molecule has 38 heavy (non-hydrogen) atoms. The number of anilines is 4. The molecule has 12 heteroatoms. The van der Waals surface area contributed by atoms with Crippen LogP contribution in [0.5, 0.6) is 0 Å². The van der Waals surface area contributed by atoms with Crippen LogP contribution in [0.1, 0.15) is 0 Å². The first kappa shape index (κ1) is 25.9. The SMILES string of the molecule is C[S+]([O-])c1cnc(-c2ccc(NC(=O)Nc3ccccc3N3CCOCC3=O)cc2)nc1N1CCOCC1. The van der Waals surface area contributed by atoms with Crippen molar-refractivity contribution in [1.82, 2.24) is 9.97 Å². The van der Waals surface area contributed by atoms with Gasteiger partial charge in [0.2, 0.25) is 4.90 Å². The molecule has 2 aliphatic rings. The first-order valence-electron chi connectivity index (χ1n) is 12.2. The minimum atomic E-state index is -1.23. The molecule has 3 amide bonds. The molecule has 198 valence electrons. The number of hydrogen-bond acceptors (Lipinski definition) is 8. The number of ether oxygens (including phenoxy) is 2. The number of para-hydroxylation sites is 2. The summed E-state index contributed by atoms with van der Waals surface area (Å²) in [5.74, 6) is 0.998. The molecule has 2 fully saturated rings. The van der Waals surface area contributed by atoms with E-state index in [-0.39, 0.29) is 12.5 Å². The van der Waals surface area contributed by atoms with E-state index in [9.17, 15) is 14.1 Å². The fourth-order valence-electron chi connectivity index (χ4n) is 4.28. The van der Waals surface area contributed by atoms with Crippen molar-refractivity contribution >= 4 is 46.0 Å². The van der Waals surface area contributed by atoms with Crippen LogP contribution in [0.2, 0.25) is 0 Å². The third kappa shape index (κ3) is 5.89. The normalized spacial score (nSPS) is 16.7. The molecule has 3 aromatic rings. The molecule has 0 spiro atoms. The van der Waals surface area contributed by atoms with E-state index in [2.05, 4.69) is 20.5 Å². The van der Waals surface area contributed by atoms with Gasteiger partial charge in [-0.1, -0.05) is 12.1 Å². The molecule has 2 saturated heterocycles. The molecule has 1 atom stereocenters. The standard InChI is InChI=1S/C26H28N6O5S/c1-38(35)22-16-27-24(30-25(22)31-10-13-36-14-11-31)18-6-8-19(9-7-18)28-26(34)29-20-4-2-3-5-21(20)32-12-15-37-17-23(32)33/h2-9,16H,10-15,17H2,1H3,(H2,28,29,34). The maximum Gasteiger partial charge on any atom is 0.323 e. The zero-order valence-electron chi connectivity index (χ0n) is 20.9. The Morgan fingerprint density at radius 3 is 2.47 bits per heavy atom. The van der Waals surface area contributed by atoms with E-state index in [0.717, 1.165) is 5.56 Å².